The number of piperidine rings is 1. The maximum Gasteiger partial charge on any atom is 0.342 e. The molecule has 0 spiro atoms. The Morgan fingerprint density at radius 1 is 1.27 bits per heavy atom. The Morgan fingerprint density at radius 2 is 1.97 bits per heavy atom. The van der Waals surface area contributed by atoms with Crippen molar-refractivity contribution in [3.05, 3.63) is 52.2 Å². The first-order valence-corrected chi connectivity index (χ1v) is 10.8. The Kier molecular flexibility index (Phi) is 8.11. The van der Waals surface area contributed by atoms with Crippen LogP contribution in [0, 0.1) is 28.3 Å². The van der Waals surface area contributed by atoms with Gasteiger partial charge in [-0.2, -0.15) is 5.06 Å². The van der Waals surface area contributed by atoms with Gasteiger partial charge in [-0.3, -0.25) is 14.5 Å². The van der Waals surface area contributed by atoms with E-state index in [0.29, 0.717) is 25.5 Å². The van der Waals surface area contributed by atoms with Crippen molar-refractivity contribution in [3.8, 4) is 0 Å². The van der Waals surface area contributed by atoms with Gasteiger partial charge >= 0.3 is 5.82 Å². The summed E-state index contributed by atoms with van der Waals surface area (Å²) in [7, 11) is 1.62. The summed E-state index contributed by atoms with van der Waals surface area (Å²) in [5, 5.41) is 12.2. The Labute approximate surface area is 192 Å². The van der Waals surface area contributed by atoms with Gasteiger partial charge in [-0.25, -0.2) is 13.9 Å². The maximum absolute atomic E-state index is 14.2. The first kappa shape index (κ1) is 24.7. The molecule has 1 aliphatic rings. The van der Waals surface area contributed by atoms with E-state index in [2.05, 4.69) is 9.88 Å². The largest absolute Gasteiger partial charge is 0.384 e. The summed E-state index contributed by atoms with van der Waals surface area (Å²) in [5.41, 5.74) is -0.256. The molecule has 3 rings (SSSR count). The van der Waals surface area contributed by atoms with Crippen LogP contribution in [0.15, 0.2) is 30.5 Å². The van der Waals surface area contributed by atoms with Crippen LogP contribution in [-0.4, -0.2) is 65.2 Å². The van der Waals surface area contributed by atoms with Crippen LogP contribution in [0.25, 0.3) is 0 Å². The second kappa shape index (κ2) is 10.8. The van der Waals surface area contributed by atoms with E-state index >= 15 is 0 Å². The monoisotopic (exact) mass is 463 g/mol. The number of likely N-dealkylation sites (tertiary alicyclic amines) is 1. The molecular weight excluding hydrogens is 433 g/mol. The van der Waals surface area contributed by atoms with Crippen molar-refractivity contribution >= 4 is 17.4 Å². The molecule has 0 unspecified atom stereocenters. The summed E-state index contributed by atoms with van der Waals surface area (Å²) in [6, 6.07) is 5.98. The molecule has 1 aliphatic heterocycles. The molecule has 1 aromatic carbocycles. The predicted molar refractivity (Wildman–Crippen MR) is 119 cm³/mol. The number of carbonyl (C=O) groups is 1. The molecule has 2 heterocycles. The average Bonchev–Trinajstić information content (AvgIpc) is 3.15. The van der Waals surface area contributed by atoms with Crippen molar-refractivity contribution < 1.29 is 23.7 Å². The Bertz CT molecular complexity index is 974. The summed E-state index contributed by atoms with van der Waals surface area (Å²) in [6.07, 6.45) is 2.77. The lowest BCUT2D eigenvalue weighted by molar-refractivity contribution is -0.392. The minimum atomic E-state index is -0.535. The maximum atomic E-state index is 14.2. The number of methoxy groups -OCH3 is 1. The topological polar surface area (TPSA) is 103 Å². The second-order valence-corrected chi connectivity index (χ2v) is 8.39. The van der Waals surface area contributed by atoms with Crippen molar-refractivity contribution in [1.29, 1.82) is 0 Å². The van der Waals surface area contributed by atoms with E-state index in [0.717, 1.165) is 31.0 Å². The summed E-state index contributed by atoms with van der Waals surface area (Å²) in [4.78, 5) is 35.0. The number of hydrogen-bond donors (Lipinski definition) is 0. The molecule has 0 bridgehead atoms. The molecule has 1 amide bonds. The van der Waals surface area contributed by atoms with Crippen LogP contribution in [-0.2, 0) is 20.9 Å². The molecule has 0 saturated carbocycles. The number of nitrogens with zero attached hydrogens (tertiary/aromatic N) is 5. The van der Waals surface area contributed by atoms with Crippen LogP contribution in [0.1, 0.15) is 25.6 Å². The van der Waals surface area contributed by atoms with Crippen molar-refractivity contribution in [2.75, 3.05) is 45.0 Å². The van der Waals surface area contributed by atoms with E-state index in [1.165, 1.54) is 25.3 Å². The minimum Gasteiger partial charge on any atom is -0.384 e. The van der Waals surface area contributed by atoms with E-state index in [4.69, 9.17) is 9.57 Å². The number of benzene rings is 1. The smallest absolute Gasteiger partial charge is 0.342 e. The lowest BCUT2D eigenvalue weighted by atomic mass is 9.80. The summed E-state index contributed by atoms with van der Waals surface area (Å²) in [6.45, 7) is 6.33. The van der Waals surface area contributed by atoms with Crippen molar-refractivity contribution in [2.24, 2.45) is 5.41 Å². The van der Waals surface area contributed by atoms with E-state index in [-0.39, 0.29) is 23.5 Å². The fourth-order valence-electron chi connectivity index (χ4n) is 4.16. The zero-order chi connectivity index (χ0) is 24.0. The van der Waals surface area contributed by atoms with E-state index < -0.39 is 16.6 Å². The molecule has 11 heteroatoms. The first-order valence-electron chi connectivity index (χ1n) is 10.8. The molecule has 0 atom stereocenters. The molecule has 10 nitrogen and oxygen atoms in total. The molecule has 0 radical (unpaired) electrons. The van der Waals surface area contributed by atoms with Gasteiger partial charge in [0.05, 0.1) is 13.2 Å². The van der Waals surface area contributed by atoms with Gasteiger partial charge in [-0.15, -0.1) is 0 Å². The number of ether oxygens (including phenoxy) is 1. The van der Waals surface area contributed by atoms with Gasteiger partial charge in [0.15, 0.2) is 5.82 Å². The number of imidazole rings is 1. The van der Waals surface area contributed by atoms with Gasteiger partial charge in [0.25, 0.3) is 0 Å². The highest BCUT2D eigenvalue weighted by Crippen LogP contribution is 2.33. The highest BCUT2D eigenvalue weighted by Gasteiger charge is 2.37. The third-order valence-corrected chi connectivity index (χ3v) is 6.09. The summed E-state index contributed by atoms with van der Waals surface area (Å²) >= 11 is 0. The highest BCUT2D eigenvalue weighted by atomic mass is 19.1. The summed E-state index contributed by atoms with van der Waals surface area (Å²) in [5.74, 6) is -0.350. The lowest BCUT2D eigenvalue weighted by Crippen LogP contribution is -2.47. The Morgan fingerprint density at radius 3 is 2.58 bits per heavy atom. The third-order valence-electron chi connectivity index (χ3n) is 6.09. The van der Waals surface area contributed by atoms with Gasteiger partial charge in [0.1, 0.15) is 24.2 Å². The molecule has 1 saturated heterocycles. The molecule has 180 valence electrons. The number of aromatic nitrogens is 2. The zero-order valence-electron chi connectivity index (χ0n) is 19.2. The normalized spacial score (nSPS) is 16.0. The van der Waals surface area contributed by atoms with Gasteiger partial charge in [-0.1, -0.05) is 12.1 Å². The van der Waals surface area contributed by atoms with Crippen LogP contribution in [0.5, 0.6) is 0 Å². The number of hydrogen-bond acceptors (Lipinski definition) is 7. The van der Waals surface area contributed by atoms with Gasteiger partial charge in [-0.05, 0) is 43.0 Å². The fraction of sp³-hybridized carbons (Fsp3) is 0.545. The van der Waals surface area contributed by atoms with Gasteiger partial charge in [0, 0.05) is 32.9 Å². The van der Waals surface area contributed by atoms with E-state index in [1.54, 1.807) is 30.7 Å². The van der Waals surface area contributed by atoms with Crippen molar-refractivity contribution in [2.45, 2.75) is 33.2 Å². The number of rotatable bonds is 10. The average molecular weight is 464 g/mol. The van der Waals surface area contributed by atoms with E-state index in [9.17, 15) is 19.3 Å². The third kappa shape index (κ3) is 5.92. The zero-order valence-corrected chi connectivity index (χ0v) is 19.2. The van der Waals surface area contributed by atoms with Crippen LogP contribution < -0.4 is 5.06 Å². The molecule has 0 N–H and O–H groups in total. The first-order chi connectivity index (χ1) is 15.8. The summed E-state index contributed by atoms with van der Waals surface area (Å²) < 4.78 is 21.3. The lowest BCUT2D eigenvalue weighted by Gasteiger charge is -2.41. The standard InChI is InChI=1S/C22H30FN5O5/c1-17-24-14-21(28(30)31)26(17)13-12-25-10-8-22(9-11-25,15-32-3)16-33-27(18(2)29)20-7-5-4-6-19(20)23/h4-7,14H,8-13,15-16H2,1-3H3. The Hall–Kier alpha value is -2.89. The number of halogens is 1. The van der Waals surface area contributed by atoms with Crippen LogP contribution in [0.3, 0.4) is 0 Å². The molecule has 0 aliphatic carbocycles. The fourth-order valence-corrected chi connectivity index (χ4v) is 4.16. The number of carbonyl (C=O) groups excluding carboxylic acids is 1. The van der Waals surface area contributed by atoms with Crippen LogP contribution >= 0.6 is 0 Å². The van der Waals surface area contributed by atoms with Crippen LogP contribution in [0.2, 0.25) is 0 Å². The number of para-hydroxylation sites is 1. The minimum absolute atomic E-state index is 0.0101. The second-order valence-electron chi connectivity index (χ2n) is 8.39. The van der Waals surface area contributed by atoms with Crippen molar-refractivity contribution in [1.82, 2.24) is 14.5 Å². The molecule has 1 fully saturated rings. The number of nitro groups is 1. The number of hydroxylamine groups is 1. The van der Waals surface area contributed by atoms with E-state index in [1.807, 2.05) is 0 Å². The van der Waals surface area contributed by atoms with Gasteiger partial charge < -0.3 is 14.9 Å². The predicted octanol–water partition coefficient (Wildman–Crippen LogP) is 2.95. The number of aryl methyl sites for hydroxylation is 1. The molecule has 2 aromatic rings. The van der Waals surface area contributed by atoms with Crippen LogP contribution in [0.4, 0.5) is 15.9 Å². The number of anilines is 1. The highest BCUT2D eigenvalue weighted by molar-refractivity contribution is 5.89. The van der Waals surface area contributed by atoms with Crippen molar-refractivity contribution in [3.63, 3.8) is 0 Å². The molecular formula is C22H30FN5O5. The van der Waals surface area contributed by atoms with Gasteiger partial charge in [0.2, 0.25) is 5.91 Å². The molecule has 1 aromatic heterocycles. The number of amides is 1. The SMILES string of the molecule is COCC1(CON(C(C)=O)c2ccccc2F)CCN(CCn2c([N+](=O)[O-])cnc2C)CC1. The Balaban J connectivity index is 1.61. The molecule has 33 heavy (non-hydrogen) atoms. The quantitative estimate of drug-likeness (QED) is 0.394.